The molecule has 2 aromatic heterocycles. The molecule has 0 spiro atoms. The monoisotopic (exact) mass is 439 g/mol. The number of halogens is 1. The summed E-state index contributed by atoms with van der Waals surface area (Å²) in [5.74, 6) is -1.67. The Kier molecular flexibility index (Phi) is 7.77. The van der Waals surface area contributed by atoms with E-state index in [4.69, 9.17) is 0 Å². The molecule has 0 radical (unpaired) electrons. The number of aromatic nitrogens is 2. The minimum Gasteiger partial charge on any atom is -0.550 e. The molecule has 3 aromatic rings. The molecule has 3 rings (SSSR count). The van der Waals surface area contributed by atoms with Crippen LogP contribution in [0, 0.1) is 5.82 Å². The van der Waals surface area contributed by atoms with Crippen LogP contribution in [0.1, 0.15) is 44.8 Å². The fourth-order valence-electron chi connectivity index (χ4n) is 3.95. The fourth-order valence-corrected chi connectivity index (χ4v) is 3.95. The summed E-state index contributed by atoms with van der Waals surface area (Å²) in [6.07, 6.45) is 1.97. The number of carboxylic acid groups (broad SMARTS) is 1. The van der Waals surface area contributed by atoms with Gasteiger partial charge in [-0.1, -0.05) is 18.2 Å². The van der Waals surface area contributed by atoms with Crippen LogP contribution >= 0.6 is 0 Å². The van der Waals surface area contributed by atoms with Crippen molar-refractivity contribution in [3.63, 3.8) is 0 Å². The number of carbonyl (C=O) groups is 1. The minimum absolute atomic E-state index is 0.0463. The molecule has 0 fully saturated rings. The summed E-state index contributed by atoms with van der Waals surface area (Å²) >= 11 is 0. The van der Waals surface area contributed by atoms with Gasteiger partial charge >= 0.3 is 0 Å². The van der Waals surface area contributed by atoms with E-state index < -0.39 is 24.6 Å². The first-order valence-corrected chi connectivity index (χ1v) is 10.7. The SMILES string of the molecule is CC(C)n1cc(-c2ccccn2)c(-c2ccc(F)cc2)c1CC[C@@H](O)C[C@@H](O)CC(=O)[O-]. The van der Waals surface area contributed by atoms with Gasteiger partial charge < -0.3 is 24.7 Å². The summed E-state index contributed by atoms with van der Waals surface area (Å²) in [5, 5.41) is 30.9. The lowest BCUT2D eigenvalue weighted by Crippen LogP contribution is -2.29. The van der Waals surface area contributed by atoms with Crippen LogP contribution < -0.4 is 5.11 Å². The first-order chi connectivity index (χ1) is 15.3. The highest BCUT2D eigenvalue weighted by atomic mass is 19.1. The van der Waals surface area contributed by atoms with Crippen LogP contribution in [0.4, 0.5) is 4.39 Å². The Balaban J connectivity index is 1.99. The average molecular weight is 440 g/mol. The maximum Gasteiger partial charge on any atom is 0.123 e. The molecule has 6 nitrogen and oxygen atoms in total. The van der Waals surface area contributed by atoms with Crippen LogP contribution in [0.25, 0.3) is 22.4 Å². The molecule has 0 unspecified atom stereocenters. The summed E-state index contributed by atoms with van der Waals surface area (Å²) in [4.78, 5) is 15.2. The van der Waals surface area contributed by atoms with Crippen molar-refractivity contribution in [1.29, 1.82) is 0 Å². The number of hydrogen-bond acceptors (Lipinski definition) is 5. The zero-order valence-electron chi connectivity index (χ0n) is 18.2. The van der Waals surface area contributed by atoms with Gasteiger partial charge in [0.15, 0.2) is 0 Å². The molecule has 0 aliphatic carbocycles. The fraction of sp³-hybridized carbons (Fsp3) is 0.360. The molecule has 0 bridgehead atoms. The zero-order chi connectivity index (χ0) is 23.3. The first kappa shape index (κ1) is 23.6. The van der Waals surface area contributed by atoms with Gasteiger partial charge in [-0.3, -0.25) is 4.98 Å². The number of hydrogen-bond donors (Lipinski definition) is 2. The topological polar surface area (TPSA) is 98.4 Å². The van der Waals surface area contributed by atoms with E-state index in [1.807, 2.05) is 24.4 Å². The Morgan fingerprint density at radius 2 is 1.84 bits per heavy atom. The minimum atomic E-state index is -1.35. The van der Waals surface area contributed by atoms with Crippen LogP contribution in [-0.4, -0.2) is 37.9 Å². The van der Waals surface area contributed by atoms with Gasteiger partial charge in [-0.15, -0.1) is 0 Å². The third-order valence-corrected chi connectivity index (χ3v) is 5.43. The van der Waals surface area contributed by atoms with Gasteiger partial charge in [0.2, 0.25) is 0 Å². The first-order valence-electron chi connectivity index (χ1n) is 10.7. The summed E-state index contributed by atoms with van der Waals surface area (Å²) in [6.45, 7) is 4.11. The van der Waals surface area contributed by atoms with Crippen molar-refractivity contribution in [2.75, 3.05) is 0 Å². The Hall–Kier alpha value is -3.03. The lowest BCUT2D eigenvalue weighted by Gasteiger charge is -2.19. The van der Waals surface area contributed by atoms with Crippen LogP contribution in [-0.2, 0) is 11.2 Å². The van der Waals surface area contributed by atoms with Crippen molar-refractivity contribution < 1.29 is 24.5 Å². The van der Waals surface area contributed by atoms with Crippen molar-refractivity contribution in [2.45, 2.75) is 57.8 Å². The molecule has 0 aliphatic rings. The van der Waals surface area contributed by atoms with E-state index in [1.165, 1.54) is 12.1 Å². The van der Waals surface area contributed by atoms with Gasteiger partial charge in [0, 0.05) is 47.6 Å². The predicted molar refractivity (Wildman–Crippen MR) is 118 cm³/mol. The summed E-state index contributed by atoms with van der Waals surface area (Å²) < 4.78 is 15.7. The molecule has 0 aliphatic heterocycles. The third-order valence-electron chi connectivity index (χ3n) is 5.43. The number of aliphatic hydroxyl groups excluding tert-OH is 2. The number of pyridine rings is 1. The molecule has 0 amide bonds. The van der Waals surface area contributed by atoms with Crippen LogP contribution in [0.15, 0.2) is 54.9 Å². The Morgan fingerprint density at radius 1 is 1.12 bits per heavy atom. The molecule has 0 saturated heterocycles. The zero-order valence-corrected chi connectivity index (χ0v) is 18.2. The highest BCUT2D eigenvalue weighted by Gasteiger charge is 2.22. The van der Waals surface area contributed by atoms with Crippen molar-refractivity contribution in [1.82, 2.24) is 9.55 Å². The van der Waals surface area contributed by atoms with Gasteiger partial charge in [-0.05, 0) is 62.9 Å². The molecule has 2 heterocycles. The predicted octanol–water partition coefficient (Wildman–Crippen LogP) is 3.12. The molecule has 2 atom stereocenters. The van der Waals surface area contributed by atoms with Gasteiger partial charge in [0.1, 0.15) is 5.82 Å². The largest absolute Gasteiger partial charge is 0.550 e. The average Bonchev–Trinajstić information content (AvgIpc) is 3.12. The summed E-state index contributed by atoms with van der Waals surface area (Å²) in [5.41, 5.74) is 4.42. The second-order valence-corrected chi connectivity index (χ2v) is 8.25. The van der Waals surface area contributed by atoms with Gasteiger partial charge in [-0.2, -0.15) is 0 Å². The van der Waals surface area contributed by atoms with Gasteiger partial charge in [0.05, 0.1) is 17.9 Å². The molecule has 32 heavy (non-hydrogen) atoms. The number of rotatable bonds is 10. The normalized spacial score (nSPS) is 13.3. The Bertz CT molecular complexity index is 1030. The van der Waals surface area contributed by atoms with Gasteiger partial charge in [-0.25, -0.2) is 4.39 Å². The van der Waals surface area contributed by atoms with Crippen molar-refractivity contribution in [3.05, 3.63) is 66.4 Å². The van der Waals surface area contributed by atoms with E-state index in [0.29, 0.717) is 12.8 Å². The number of benzene rings is 1. The van der Waals surface area contributed by atoms with Gasteiger partial charge in [0.25, 0.3) is 0 Å². The maximum absolute atomic E-state index is 13.6. The number of aliphatic hydroxyl groups is 2. The molecule has 2 N–H and O–H groups in total. The highest BCUT2D eigenvalue weighted by molar-refractivity contribution is 5.84. The Labute approximate surface area is 187 Å². The molecule has 1 aromatic carbocycles. The van der Waals surface area contributed by atoms with Crippen LogP contribution in [0.5, 0.6) is 0 Å². The number of aliphatic carboxylic acids is 1. The van der Waals surface area contributed by atoms with Crippen molar-refractivity contribution >= 4 is 5.97 Å². The van der Waals surface area contributed by atoms with Crippen LogP contribution in [0.2, 0.25) is 0 Å². The van der Waals surface area contributed by atoms with Crippen molar-refractivity contribution in [3.8, 4) is 22.4 Å². The smallest absolute Gasteiger partial charge is 0.123 e. The molecular formula is C25H28FN2O4-. The van der Waals surface area contributed by atoms with E-state index in [2.05, 4.69) is 23.4 Å². The van der Waals surface area contributed by atoms with Crippen LogP contribution in [0.3, 0.4) is 0 Å². The molecule has 170 valence electrons. The summed E-state index contributed by atoms with van der Waals surface area (Å²) in [7, 11) is 0. The molecule has 0 saturated carbocycles. The van der Waals surface area contributed by atoms with E-state index in [-0.39, 0.29) is 18.3 Å². The second-order valence-electron chi connectivity index (χ2n) is 8.25. The third kappa shape index (κ3) is 5.81. The Morgan fingerprint density at radius 3 is 2.44 bits per heavy atom. The number of carbonyl (C=O) groups excluding carboxylic acids is 1. The van der Waals surface area contributed by atoms with E-state index >= 15 is 0 Å². The van der Waals surface area contributed by atoms with E-state index in [9.17, 15) is 24.5 Å². The van der Waals surface area contributed by atoms with E-state index in [0.717, 1.165) is 28.1 Å². The lowest BCUT2D eigenvalue weighted by molar-refractivity contribution is -0.307. The quantitative estimate of drug-likeness (QED) is 0.506. The summed E-state index contributed by atoms with van der Waals surface area (Å²) in [6, 6.07) is 12.1. The number of nitrogens with zero attached hydrogens (tertiary/aromatic N) is 2. The van der Waals surface area contributed by atoms with Crippen molar-refractivity contribution in [2.24, 2.45) is 0 Å². The second kappa shape index (κ2) is 10.5. The standard InChI is InChI=1S/C25H29FN2O4/c1-16(2)28-15-21(22-5-3-4-12-27-22)25(17-6-8-18(26)9-7-17)23(28)11-10-19(29)13-20(30)14-24(31)32/h3-9,12,15-16,19-20,29-30H,10-11,13-14H2,1-2H3,(H,31,32)/p-1/t19-,20-/m1/s1. The van der Waals surface area contributed by atoms with E-state index in [1.54, 1.807) is 18.3 Å². The number of carboxylic acids is 1. The highest BCUT2D eigenvalue weighted by Crippen LogP contribution is 2.38. The molecule has 7 heteroatoms. The lowest BCUT2D eigenvalue weighted by atomic mass is 9.95. The maximum atomic E-state index is 13.6. The molecular weight excluding hydrogens is 411 g/mol.